The molecule has 8 heteroatoms. The van der Waals surface area contributed by atoms with Gasteiger partial charge in [0.1, 0.15) is 11.5 Å². The molecule has 0 radical (unpaired) electrons. The van der Waals surface area contributed by atoms with E-state index in [0.29, 0.717) is 31.6 Å². The molecule has 1 aromatic heterocycles. The van der Waals surface area contributed by atoms with Crippen LogP contribution in [0.15, 0.2) is 54.6 Å². The number of carbonyl (C=O) groups is 2. The van der Waals surface area contributed by atoms with Gasteiger partial charge in [-0.1, -0.05) is 30.3 Å². The number of carbonyl (C=O) groups excluding carboxylic acids is 2. The maximum absolute atomic E-state index is 13.9. The number of aryl methyl sites for hydroxylation is 1. The number of hydrogen-bond acceptors (Lipinski definition) is 4. The number of hydrogen-bond donors (Lipinski definition) is 2. The van der Waals surface area contributed by atoms with Crippen LogP contribution in [0.3, 0.4) is 0 Å². The number of amides is 2. The Hall–Kier alpha value is -3.68. The molecule has 2 heterocycles. The van der Waals surface area contributed by atoms with Gasteiger partial charge in [-0.05, 0) is 44.0 Å². The second kappa shape index (κ2) is 9.21. The van der Waals surface area contributed by atoms with Gasteiger partial charge in [0.2, 0.25) is 11.8 Å². The number of benzene rings is 2. The second-order valence-electron chi connectivity index (χ2n) is 7.94. The lowest BCUT2D eigenvalue weighted by atomic mass is 9.95. The standard InChI is InChI=1S/C24H26FN5O2/c1-16-22(26-17(2)31)24(30(28-16)19-8-4-3-5-9-19)29-14-12-18(13-15-29)23(32)27-21-11-7-6-10-20(21)25/h3-11,18H,12-15H2,1-2H3,(H,26,31)(H,27,32). The van der Waals surface area contributed by atoms with Crippen molar-refractivity contribution < 1.29 is 14.0 Å². The summed E-state index contributed by atoms with van der Waals surface area (Å²) in [6.45, 7) is 4.56. The van der Waals surface area contributed by atoms with Gasteiger partial charge in [0.25, 0.3) is 0 Å². The van der Waals surface area contributed by atoms with Gasteiger partial charge in [0.15, 0.2) is 5.82 Å². The minimum absolute atomic E-state index is 0.166. The smallest absolute Gasteiger partial charge is 0.227 e. The highest BCUT2D eigenvalue weighted by Crippen LogP contribution is 2.35. The number of aromatic nitrogens is 2. The van der Waals surface area contributed by atoms with Gasteiger partial charge in [-0.15, -0.1) is 0 Å². The van der Waals surface area contributed by atoms with Gasteiger partial charge in [-0.25, -0.2) is 9.07 Å². The minimum atomic E-state index is -0.444. The van der Waals surface area contributed by atoms with Crippen LogP contribution in [0.4, 0.5) is 21.6 Å². The van der Waals surface area contributed by atoms with Crippen LogP contribution in [0.2, 0.25) is 0 Å². The van der Waals surface area contributed by atoms with Crippen LogP contribution in [0.1, 0.15) is 25.5 Å². The molecule has 1 aliphatic rings. The van der Waals surface area contributed by atoms with E-state index in [0.717, 1.165) is 17.2 Å². The molecule has 0 unspecified atom stereocenters. The molecule has 3 aromatic rings. The molecule has 2 aromatic carbocycles. The quantitative estimate of drug-likeness (QED) is 0.632. The van der Waals surface area contributed by atoms with E-state index in [9.17, 15) is 14.0 Å². The number of nitrogens with zero attached hydrogens (tertiary/aromatic N) is 3. The number of para-hydroxylation sites is 2. The predicted molar refractivity (Wildman–Crippen MR) is 123 cm³/mol. The summed E-state index contributed by atoms with van der Waals surface area (Å²) in [5.74, 6) is -0.202. The molecule has 0 atom stereocenters. The fourth-order valence-corrected chi connectivity index (χ4v) is 4.03. The molecule has 32 heavy (non-hydrogen) atoms. The fourth-order valence-electron chi connectivity index (χ4n) is 4.03. The third-order valence-corrected chi connectivity index (χ3v) is 5.63. The first-order valence-electron chi connectivity index (χ1n) is 10.7. The van der Waals surface area contributed by atoms with Gasteiger partial charge in [0, 0.05) is 25.9 Å². The van der Waals surface area contributed by atoms with Crippen LogP contribution in [0, 0.1) is 18.7 Å². The highest BCUT2D eigenvalue weighted by molar-refractivity contribution is 5.94. The third kappa shape index (κ3) is 4.49. The van der Waals surface area contributed by atoms with Gasteiger partial charge < -0.3 is 15.5 Å². The van der Waals surface area contributed by atoms with E-state index in [2.05, 4.69) is 20.6 Å². The number of halogens is 1. The third-order valence-electron chi connectivity index (χ3n) is 5.63. The number of piperidine rings is 1. The van der Waals surface area contributed by atoms with Crippen molar-refractivity contribution in [1.82, 2.24) is 9.78 Å². The molecule has 0 saturated carbocycles. The molecule has 2 N–H and O–H groups in total. The Morgan fingerprint density at radius 1 is 1.00 bits per heavy atom. The van der Waals surface area contributed by atoms with Crippen molar-refractivity contribution in [2.45, 2.75) is 26.7 Å². The van der Waals surface area contributed by atoms with Crippen molar-refractivity contribution in [1.29, 1.82) is 0 Å². The van der Waals surface area contributed by atoms with Gasteiger partial charge in [0.05, 0.1) is 17.1 Å². The van der Waals surface area contributed by atoms with E-state index < -0.39 is 5.82 Å². The zero-order chi connectivity index (χ0) is 22.7. The van der Waals surface area contributed by atoms with E-state index in [4.69, 9.17) is 0 Å². The molecule has 1 aliphatic heterocycles. The molecule has 1 saturated heterocycles. The fraction of sp³-hybridized carbons (Fsp3) is 0.292. The van der Waals surface area contributed by atoms with Crippen molar-refractivity contribution in [3.05, 3.63) is 66.1 Å². The van der Waals surface area contributed by atoms with E-state index in [1.54, 1.807) is 18.2 Å². The lowest BCUT2D eigenvalue weighted by molar-refractivity contribution is -0.120. The van der Waals surface area contributed by atoms with Crippen molar-refractivity contribution >= 4 is 29.0 Å². The monoisotopic (exact) mass is 435 g/mol. The highest BCUT2D eigenvalue weighted by Gasteiger charge is 2.30. The van der Waals surface area contributed by atoms with Gasteiger partial charge >= 0.3 is 0 Å². The molecule has 2 amide bonds. The molecule has 166 valence electrons. The second-order valence-corrected chi connectivity index (χ2v) is 7.94. The van der Waals surface area contributed by atoms with E-state index >= 15 is 0 Å². The Balaban J connectivity index is 1.54. The van der Waals surface area contributed by atoms with Crippen LogP contribution in [0.25, 0.3) is 5.69 Å². The Morgan fingerprint density at radius 3 is 2.31 bits per heavy atom. The zero-order valence-electron chi connectivity index (χ0n) is 18.1. The average molecular weight is 436 g/mol. The van der Waals surface area contributed by atoms with E-state index in [-0.39, 0.29) is 23.4 Å². The summed E-state index contributed by atoms with van der Waals surface area (Å²) in [5, 5.41) is 10.3. The van der Waals surface area contributed by atoms with Crippen LogP contribution in [-0.2, 0) is 9.59 Å². The first-order valence-corrected chi connectivity index (χ1v) is 10.7. The summed E-state index contributed by atoms with van der Waals surface area (Å²) in [7, 11) is 0. The molecule has 0 spiro atoms. The summed E-state index contributed by atoms with van der Waals surface area (Å²) >= 11 is 0. The largest absolute Gasteiger partial charge is 0.355 e. The number of nitrogens with one attached hydrogen (secondary N) is 2. The Kier molecular flexibility index (Phi) is 6.20. The summed E-state index contributed by atoms with van der Waals surface area (Å²) < 4.78 is 15.7. The van der Waals surface area contributed by atoms with Gasteiger partial charge in [-0.3, -0.25) is 9.59 Å². The first kappa shape index (κ1) is 21.5. The van der Waals surface area contributed by atoms with Crippen LogP contribution >= 0.6 is 0 Å². The Bertz CT molecular complexity index is 1120. The van der Waals surface area contributed by atoms with Crippen LogP contribution in [0.5, 0.6) is 0 Å². The number of rotatable bonds is 5. The molecular weight excluding hydrogens is 409 g/mol. The van der Waals surface area contributed by atoms with Crippen LogP contribution < -0.4 is 15.5 Å². The summed E-state index contributed by atoms with van der Waals surface area (Å²) in [5.41, 5.74) is 2.49. The van der Waals surface area contributed by atoms with Crippen molar-refractivity contribution in [3.63, 3.8) is 0 Å². The maximum atomic E-state index is 13.9. The molecular formula is C24H26FN5O2. The summed E-state index contributed by atoms with van der Waals surface area (Å²) in [6, 6.07) is 15.9. The normalized spacial score (nSPS) is 14.3. The zero-order valence-corrected chi connectivity index (χ0v) is 18.1. The topological polar surface area (TPSA) is 79.3 Å². The predicted octanol–water partition coefficient (Wildman–Crippen LogP) is 4.13. The summed E-state index contributed by atoms with van der Waals surface area (Å²) in [4.78, 5) is 26.7. The van der Waals surface area contributed by atoms with E-state index in [1.807, 2.05) is 41.9 Å². The molecule has 4 rings (SSSR count). The number of anilines is 3. The first-order chi connectivity index (χ1) is 15.4. The SMILES string of the molecule is CC(=O)Nc1c(C)nn(-c2ccccc2)c1N1CCC(C(=O)Nc2ccccc2F)CC1. The maximum Gasteiger partial charge on any atom is 0.227 e. The minimum Gasteiger partial charge on any atom is -0.355 e. The summed E-state index contributed by atoms with van der Waals surface area (Å²) in [6.07, 6.45) is 1.22. The van der Waals surface area contributed by atoms with Crippen LogP contribution in [-0.4, -0.2) is 34.7 Å². The Morgan fingerprint density at radius 2 is 1.66 bits per heavy atom. The molecule has 0 aliphatic carbocycles. The van der Waals surface area contributed by atoms with Crippen molar-refractivity contribution in [2.24, 2.45) is 5.92 Å². The Labute approximate surface area is 186 Å². The van der Waals surface area contributed by atoms with E-state index in [1.165, 1.54) is 13.0 Å². The average Bonchev–Trinajstić information content (AvgIpc) is 3.11. The van der Waals surface area contributed by atoms with Crippen molar-refractivity contribution in [3.8, 4) is 5.69 Å². The highest BCUT2D eigenvalue weighted by atomic mass is 19.1. The van der Waals surface area contributed by atoms with Crippen molar-refractivity contribution in [2.75, 3.05) is 28.6 Å². The lowest BCUT2D eigenvalue weighted by Crippen LogP contribution is -2.39. The molecule has 0 bridgehead atoms. The van der Waals surface area contributed by atoms with Gasteiger partial charge in [-0.2, -0.15) is 5.10 Å². The molecule has 1 fully saturated rings. The molecule has 7 nitrogen and oxygen atoms in total. The lowest BCUT2D eigenvalue weighted by Gasteiger charge is -2.33.